The number of esters is 2. The highest BCUT2D eigenvalue weighted by Crippen LogP contribution is 2.16. The van der Waals surface area contributed by atoms with Crippen LogP contribution in [0.5, 0.6) is 0 Å². The molecule has 83 heavy (non-hydrogen) atoms. The van der Waals surface area contributed by atoms with E-state index < -0.39 is 24.3 Å². The molecule has 1 N–H and O–H groups in total. The van der Waals surface area contributed by atoms with Gasteiger partial charge in [-0.15, -0.1) is 0 Å². The van der Waals surface area contributed by atoms with Gasteiger partial charge >= 0.3 is 17.9 Å². The van der Waals surface area contributed by atoms with Crippen molar-refractivity contribution in [3.63, 3.8) is 0 Å². The highest BCUT2D eigenvalue weighted by atomic mass is 16.7. The van der Waals surface area contributed by atoms with E-state index in [1.54, 1.807) is 0 Å². The number of aliphatic carboxylic acids is 1. The zero-order valence-electron chi connectivity index (χ0n) is 53.8. The third-order valence-corrected chi connectivity index (χ3v) is 13.9. The predicted molar refractivity (Wildman–Crippen MR) is 354 cm³/mol. The average molecular weight is 1160 g/mol. The highest BCUT2D eigenvalue weighted by molar-refractivity contribution is 5.71. The third kappa shape index (κ3) is 64.8. The van der Waals surface area contributed by atoms with E-state index in [-0.39, 0.29) is 38.6 Å². The fourth-order valence-corrected chi connectivity index (χ4v) is 8.80. The van der Waals surface area contributed by atoms with Crippen molar-refractivity contribution in [1.29, 1.82) is 0 Å². The summed E-state index contributed by atoms with van der Waals surface area (Å²) in [5.74, 6) is -2.02. The monoisotopic (exact) mass is 1150 g/mol. The second kappa shape index (κ2) is 63.5. The number of carbonyl (C=O) groups is 3. The summed E-state index contributed by atoms with van der Waals surface area (Å²) in [6.45, 7) is 4.72. The Labute approximate surface area is 509 Å². The molecule has 0 bridgehead atoms. The largest absolute Gasteiger partial charge is 0.477 e. The van der Waals surface area contributed by atoms with E-state index in [1.165, 1.54) is 109 Å². The van der Waals surface area contributed by atoms with Crippen LogP contribution in [-0.2, 0) is 33.3 Å². The molecule has 0 rings (SSSR count). The fraction of sp³-hybridized carbons (Fsp3) is 0.662. The van der Waals surface area contributed by atoms with Crippen LogP contribution >= 0.6 is 0 Å². The molecule has 0 aliphatic heterocycles. The van der Waals surface area contributed by atoms with E-state index in [4.69, 9.17) is 18.9 Å². The number of nitrogens with zero attached hydrogens (tertiary/aromatic N) is 1. The molecule has 0 amide bonds. The smallest absolute Gasteiger partial charge is 0.361 e. The first-order valence-electron chi connectivity index (χ1n) is 33.3. The number of likely N-dealkylation sites (N-methyl/N-ethyl adjacent to an activating group) is 1. The molecule has 0 aliphatic rings. The first-order valence-corrected chi connectivity index (χ1v) is 33.3. The van der Waals surface area contributed by atoms with Crippen molar-refractivity contribution in [2.75, 3.05) is 47.5 Å². The maximum atomic E-state index is 12.9. The molecule has 0 saturated carbocycles. The number of carboxylic acids is 1. The SMILES string of the molecule is CC/C=C\C/C=C\C/C=C\C/C=C\C/C=C\C/C=C\C/C=C\C/C=C\C/C=C\CCCCCCCCCCCCCCCC(=O)OC(COC(=O)CCCCCCCCC/C=C\C/C=C\CCCCC)COC(OCC[N+](C)(C)C)C(=O)O. The second-order valence-corrected chi connectivity index (χ2v) is 23.0. The molecule has 0 aliphatic carbocycles. The van der Waals surface area contributed by atoms with Gasteiger partial charge in [0.05, 0.1) is 34.4 Å². The predicted octanol–water partition coefficient (Wildman–Crippen LogP) is 20.6. The van der Waals surface area contributed by atoms with Crippen molar-refractivity contribution < 1.29 is 42.9 Å². The zero-order chi connectivity index (χ0) is 60.5. The molecule has 0 aromatic heterocycles. The molecule has 0 radical (unpaired) electrons. The molecule has 0 aromatic carbocycles. The van der Waals surface area contributed by atoms with Gasteiger partial charge in [0.15, 0.2) is 6.10 Å². The first kappa shape index (κ1) is 78.4. The van der Waals surface area contributed by atoms with Crippen molar-refractivity contribution in [2.45, 2.75) is 270 Å². The van der Waals surface area contributed by atoms with Crippen LogP contribution in [0, 0.1) is 0 Å². The number of hydrogen-bond acceptors (Lipinski definition) is 7. The molecule has 9 heteroatoms. The third-order valence-electron chi connectivity index (χ3n) is 13.9. The first-order chi connectivity index (χ1) is 40.6. The second-order valence-electron chi connectivity index (χ2n) is 23.0. The van der Waals surface area contributed by atoms with Crippen LogP contribution in [0.15, 0.2) is 134 Å². The van der Waals surface area contributed by atoms with Crippen molar-refractivity contribution in [2.24, 2.45) is 0 Å². The number of carboxylic acid groups (broad SMARTS) is 1. The number of carbonyl (C=O) groups excluding carboxylic acids is 2. The van der Waals surface area contributed by atoms with Crippen LogP contribution < -0.4 is 0 Å². The minimum atomic E-state index is -1.52. The molecule has 9 nitrogen and oxygen atoms in total. The Hall–Kier alpha value is -4.57. The number of rotatable bonds is 60. The van der Waals surface area contributed by atoms with Crippen LogP contribution in [0.2, 0.25) is 0 Å². The quantitative estimate of drug-likeness (QED) is 0.0211. The Morgan fingerprint density at radius 2 is 0.687 bits per heavy atom. The van der Waals surface area contributed by atoms with E-state index in [2.05, 4.69) is 148 Å². The van der Waals surface area contributed by atoms with Crippen LogP contribution in [0.25, 0.3) is 0 Å². The highest BCUT2D eigenvalue weighted by Gasteiger charge is 2.25. The minimum Gasteiger partial charge on any atom is -0.477 e. The van der Waals surface area contributed by atoms with Gasteiger partial charge in [0.2, 0.25) is 0 Å². The number of quaternary nitrogens is 1. The molecule has 0 heterocycles. The minimum absolute atomic E-state index is 0.181. The number of allylic oxidation sites excluding steroid dienone is 22. The molecule has 0 aromatic rings. The number of ether oxygens (including phenoxy) is 4. The van der Waals surface area contributed by atoms with Crippen molar-refractivity contribution in [1.82, 2.24) is 0 Å². The van der Waals surface area contributed by atoms with Crippen molar-refractivity contribution >= 4 is 17.9 Å². The van der Waals surface area contributed by atoms with Crippen molar-refractivity contribution in [3.8, 4) is 0 Å². The topological polar surface area (TPSA) is 108 Å². The molecule has 472 valence electrons. The van der Waals surface area contributed by atoms with Crippen molar-refractivity contribution in [3.05, 3.63) is 134 Å². The van der Waals surface area contributed by atoms with Gasteiger partial charge in [0, 0.05) is 12.8 Å². The van der Waals surface area contributed by atoms with Crippen LogP contribution in [0.4, 0.5) is 0 Å². The summed E-state index contributed by atoms with van der Waals surface area (Å²) in [7, 11) is 5.96. The Bertz CT molecular complexity index is 1820. The van der Waals surface area contributed by atoms with Crippen LogP contribution in [-0.4, -0.2) is 87.4 Å². The van der Waals surface area contributed by atoms with E-state index in [0.29, 0.717) is 17.4 Å². The van der Waals surface area contributed by atoms with Gasteiger partial charge in [-0.25, -0.2) is 4.79 Å². The number of unbranched alkanes of at least 4 members (excludes halogenated alkanes) is 23. The number of hydrogen-bond donors (Lipinski definition) is 1. The van der Waals surface area contributed by atoms with E-state index in [1.807, 2.05) is 21.1 Å². The normalized spacial score (nSPS) is 13.6. The van der Waals surface area contributed by atoms with Gasteiger partial charge in [-0.1, -0.05) is 263 Å². The van der Waals surface area contributed by atoms with Crippen LogP contribution in [0.1, 0.15) is 258 Å². The average Bonchev–Trinajstić information content (AvgIpc) is 3.46. The molecular weight excluding hydrogens is 1030 g/mol. The lowest BCUT2D eigenvalue weighted by atomic mass is 10.0. The molecule has 0 spiro atoms. The fourth-order valence-electron chi connectivity index (χ4n) is 8.80. The van der Waals surface area contributed by atoms with Gasteiger partial charge in [0.25, 0.3) is 6.29 Å². The molecule has 0 fully saturated rings. The van der Waals surface area contributed by atoms with E-state index in [0.717, 1.165) is 116 Å². The maximum absolute atomic E-state index is 12.9. The standard InChI is InChI=1S/C74H123NO8/c1-6-8-10-12-14-16-18-20-22-24-25-26-27-28-29-30-31-32-33-34-35-36-37-38-39-40-41-42-43-44-45-46-47-49-51-53-55-57-59-61-63-65-72(77)83-70(69-82-74(73(78)79)80-67-66-75(3,4)5)68-81-71(76)64-62-60-58-56-54-52-50-48-23-21-19-17-15-13-11-9-7-2/h8,10,14-17,20-23,25-26,28-29,31-32,34-35,37-38,40-41,70,74H,6-7,9,11-13,18-19,24,27,30,33,36,39,42-69H2,1-5H3/p+1/b10-8-,16-14-,17-15-,22-20-,23-21-,26-25-,29-28-,32-31-,35-34-,38-37-,41-40-. The lowest BCUT2D eigenvalue weighted by Gasteiger charge is -2.25. The summed E-state index contributed by atoms with van der Waals surface area (Å²) >= 11 is 0. The Morgan fingerprint density at radius 3 is 1.02 bits per heavy atom. The van der Waals surface area contributed by atoms with Gasteiger partial charge in [0.1, 0.15) is 13.2 Å². The molecule has 0 saturated heterocycles. The summed E-state index contributed by atoms with van der Waals surface area (Å²) in [6, 6.07) is 0. The Balaban J connectivity index is 4.11. The van der Waals surface area contributed by atoms with Gasteiger partial charge in [-0.2, -0.15) is 0 Å². The molecule has 2 atom stereocenters. The van der Waals surface area contributed by atoms with E-state index >= 15 is 0 Å². The summed E-state index contributed by atoms with van der Waals surface area (Å²) in [5.41, 5.74) is 0. The van der Waals surface area contributed by atoms with Crippen LogP contribution in [0.3, 0.4) is 0 Å². The zero-order valence-corrected chi connectivity index (χ0v) is 53.8. The molecule has 2 unspecified atom stereocenters. The summed E-state index contributed by atoms with van der Waals surface area (Å²) in [6.07, 6.45) is 88.4. The molecular formula is C74H124NO8+. The lowest BCUT2D eigenvalue weighted by Crippen LogP contribution is -2.40. The van der Waals surface area contributed by atoms with E-state index in [9.17, 15) is 19.5 Å². The summed E-state index contributed by atoms with van der Waals surface area (Å²) in [5, 5.41) is 9.72. The Morgan fingerprint density at radius 1 is 0.373 bits per heavy atom. The lowest BCUT2D eigenvalue weighted by molar-refractivity contribution is -0.870. The summed E-state index contributed by atoms with van der Waals surface area (Å²) in [4.78, 5) is 37.5. The summed E-state index contributed by atoms with van der Waals surface area (Å²) < 4.78 is 22.9. The maximum Gasteiger partial charge on any atom is 0.361 e. The van der Waals surface area contributed by atoms with Gasteiger partial charge in [-0.3, -0.25) is 9.59 Å². The Kier molecular flexibility index (Phi) is 60.0. The van der Waals surface area contributed by atoms with Gasteiger partial charge < -0.3 is 28.5 Å². The van der Waals surface area contributed by atoms with Gasteiger partial charge in [-0.05, 0) is 116 Å².